The van der Waals surface area contributed by atoms with Gasteiger partial charge in [0.15, 0.2) is 0 Å². The van der Waals surface area contributed by atoms with Crippen molar-refractivity contribution in [1.82, 2.24) is 20.2 Å². The minimum Gasteiger partial charge on any atom is -0.494 e. The van der Waals surface area contributed by atoms with Crippen LogP contribution in [0.25, 0.3) is 5.69 Å². The van der Waals surface area contributed by atoms with Crippen LogP contribution in [0.2, 0.25) is 0 Å². The van der Waals surface area contributed by atoms with E-state index in [1.165, 1.54) is 27.8 Å². The van der Waals surface area contributed by atoms with Crippen molar-refractivity contribution in [3.63, 3.8) is 0 Å². The topological polar surface area (TPSA) is 108 Å². The summed E-state index contributed by atoms with van der Waals surface area (Å²) in [6, 6.07) is 9.07. The van der Waals surface area contributed by atoms with Crippen LogP contribution in [0.4, 0.5) is 5.00 Å². The van der Waals surface area contributed by atoms with Gasteiger partial charge in [0, 0.05) is 0 Å². The Morgan fingerprint density at radius 1 is 1.31 bits per heavy atom. The molecule has 9 nitrogen and oxygen atoms in total. The maximum absolute atomic E-state index is 12.4. The SMILES string of the molecule is CCOC(=O)c1sc(NC(=O)CSc2nnnn2-c2ccccc2OC)cc1C. The Kier molecular flexibility index (Phi) is 6.83. The number of amides is 1. The first-order valence-electron chi connectivity index (χ1n) is 8.65. The molecular formula is C18H19N5O4S2. The lowest BCUT2D eigenvalue weighted by Crippen LogP contribution is -2.13. The molecule has 2 heterocycles. The Morgan fingerprint density at radius 3 is 2.86 bits per heavy atom. The molecule has 29 heavy (non-hydrogen) atoms. The number of hydrogen-bond donors (Lipinski definition) is 1. The molecule has 0 unspecified atom stereocenters. The lowest BCUT2D eigenvalue weighted by atomic mass is 10.3. The molecule has 3 rings (SSSR count). The number of hydrogen-bond acceptors (Lipinski definition) is 9. The summed E-state index contributed by atoms with van der Waals surface area (Å²) in [6.45, 7) is 3.85. The minimum atomic E-state index is -0.388. The van der Waals surface area contributed by atoms with E-state index < -0.39 is 0 Å². The van der Waals surface area contributed by atoms with Gasteiger partial charge >= 0.3 is 5.97 Å². The number of aromatic nitrogens is 4. The first kappa shape index (κ1) is 20.8. The molecule has 0 fully saturated rings. The number of ether oxygens (including phenoxy) is 2. The van der Waals surface area contributed by atoms with Gasteiger partial charge in [0.25, 0.3) is 0 Å². The zero-order valence-electron chi connectivity index (χ0n) is 16.0. The number of tetrazole rings is 1. The molecule has 0 spiro atoms. The molecule has 152 valence electrons. The fourth-order valence-electron chi connectivity index (χ4n) is 2.47. The van der Waals surface area contributed by atoms with Gasteiger partial charge in [-0.3, -0.25) is 4.79 Å². The standard InChI is InChI=1S/C18H19N5O4S2/c1-4-27-17(25)16-11(2)9-15(29-16)19-14(24)10-28-18-20-21-22-23(18)12-7-5-6-8-13(12)26-3/h5-9H,4,10H2,1-3H3,(H,19,24). The first-order valence-corrected chi connectivity index (χ1v) is 10.5. The third-order valence-corrected chi connectivity index (χ3v) is 5.78. The number of carbonyl (C=O) groups is 2. The molecule has 0 aliphatic carbocycles. The molecule has 2 aromatic heterocycles. The summed E-state index contributed by atoms with van der Waals surface area (Å²) in [7, 11) is 1.57. The summed E-state index contributed by atoms with van der Waals surface area (Å²) < 4.78 is 11.9. The number of aryl methyl sites for hydroxylation is 1. The van der Waals surface area contributed by atoms with Crippen molar-refractivity contribution in [2.75, 3.05) is 24.8 Å². The number of rotatable bonds is 8. The van der Waals surface area contributed by atoms with E-state index in [-0.39, 0.29) is 17.6 Å². The highest BCUT2D eigenvalue weighted by Crippen LogP contribution is 2.28. The molecule has 0 radical (unpaired) electrons. The van der Waals surface area contributed by atoms with Crippen molar-refractivity contribution in [3.05, 3.63) is 40.8 Å². The van der Waals surface area contributed by atoms with E-state index in [4.69, 9.17) is 9.47 Å². The highest BCUT2D eigenvalue weighted by molar-refractivity contribution is 7.99. The predicted octanol–water partition coefficient (Wildman–Crippen LogP) is 2.95. The van der Waals surface area contributed by atoms with Gasteiger partial charge in [0.1, 0.15) is 16.3 Å². The lowest BCUT2D eigenvalue weighted by molar-refractivity contribution is -0.113. The van der Waals surface area contributed by atoms with E-state index >= 15 is 0 Å². The molecule has 0 aliphatic heterocycles. The molecule has 0 saturated heterocycles. The van der Waals surface area contributed by atoms with Crippen LogP contribution in [0.1, 0.15) is 22.2 Å². The van der Waals surface area contributed by atoms with Crippen molar-refractivity contribution < 1.29 is 19.1 Å². The largest absolute Gasteiger partial charge is 0.494 e. The number of nitrogens with one attached hydrogen (secondary N) is 1. The zero-order chi connectivity index (χ0) is 20.8. The molecule has 0 atom stereocenters. The van der Waals surface area contributed by atoms with Gasteiger partial charge in [0.2, 0.25) is 11.1 Å². The van der Waals surface area contributed by atoms with E-state index in [1.54, 1.807) is 33.1 Å². The first-order chi connectivity index (χ1) is 14.0. The van der Waals surface area contributed by atoms with Gasteiger partial charge in [-0.25, -0.2) is 4.79 Å². The van der Waals surface area contributed by atoms with Gasteiger partial charge in [-0.05, 0) is 48.0 Å². The highest BCUT2D eigenvalue weighted by atomic mass is 32.2. The number of thioether (sulfide) groups is 1. The van der Waals surface area contributed by atoms with Crippen LogP contribution in [0, 0.1) is 6.92 Å². The van der Waals surface area contributed by atoms with E-state index in [0.717, 1.165) is 5.56 Å². The molecular weight excluding hydrogens is 414 g/mol. The van der Waals surface area contributed by atoms with Crippen molar-refractivity contribution in [1.29, 1.82) is 0 Å². The number of anilines is 1. The van der Waals surface area contributed by atoms with Gasteiger partial charge in [-0.15, -0.1) is 16.4 Å². The summed E-state index contributed by atoms with van der Waals surface area (Å²) in [6.07, 6.45) is 0. The Bertz CT molecular complexity index is 1020. The van der Waals surface area contributed by atoms with Crippen LogP contribution < -0.4 is 10.1 Å². The second-order valence-electron chi connectivity index (χ2n) is 5.73. The summed E-state index contributed by atoms with van der Waals surface area (Å²) in [4.78, 5) is 24.7. The summed E-state index contributed by atoms with van der Waals surface area (Å²) in [5.74, 6) is 0.0926. The second-order valence-corrected chi connectivity index (χ2v) is 7.72. The van der Waals surface area contributed by atoms with Crippen LogP contribution in [0.15, 0.2) is 35.5 Å². The van der Waals surface area contributed by atoms with E-state index in [1.807, 2.05) is 18.2 Å². The molecule has 11 heteroatoms. The average molecular weight is 434 g/mol. The highest BCUT2D eigenvalue weighted by Gasteiger charge is 2.17. The average Bonchev–Trinajstić information content (AvgIpc) is 3.32. The molecule has 1 amide bonds. The third kappa shape index (κ3) is 4.93. The maximum atomic E-state index is 12.4. The van der Waals surface area contributed by atoms with Crippen molar-refractivity contribution in [3.8, 4) is 11.4 Å². The van der Waals surface area contributed by atoms with E-state index in [2.05, 4.69) is 20.8 Å². The van der Waals surface area contributed by atoms with Crippen LogP contribution in [-0.2, 0) is 9.53 Å². The Morgan fingerprint density at radius 2 is 2.10 bits per heavy atom. The molecule has 1 aromatic carbocycles. The quantitative estimate of drug-likeness (QED) is 0.427. The smallest absolute Gasteiger partial charge is 0.348 e. The normalized spacial score (nSPS) is 10.6. The number of esters is 1. The Hall–Kier alpha value is -2.92. The fourth-order valence-corrected chi connectivity index (χ4v) is 4.14. The molecule has 0 bridgehead atoms. The minimum absolute atomic E-state index is 0.0984. The van der Waals surface area contributed by atoms with Gasteiger partial charge in [-0.2, -0.15) is 4.68 Å². The monoisotopic (exact) mass is 433 g/mol. The maximum Gasteiger partial charge on any atom is 0.348 e. The summed E-state index contributed by atoms with van der Waals surface area (Å²) in [5.41, 5.74) is 1.44. The van der Waals surface area contributed by atoms with Crippen LogP contribution in [0.5, 0.6) is 5.75 Å². The number of carbonyl (C=O) groups excluding carboxylic acids is 2. The van der Waals surface area contributed by atoms with Gasteiger partial charge in [0.05, 0.1) is 24.5 Å². The number of thiophene rings is 1. The van der Waals surface area contributed by atoms with Crippen molar-refractivity contribution in [2.45, 2.75) is 19.0 Å². The molecule has 1 N–H and O–H groups in total. The Balaban J connectivity index is 1.65. The van der Waals surface area contributed by atoms with E-state index in [0.29, 0.717) is 33.1 Å². The van der Waals surface area contributed by atoms with Crippen LogP contribution in [0.3, 0.4) is 0 Å². The number of methoxy groups -OCH3 is 1. The summed E-state index contributed by atoms with van der Waals surface area (Å²) >= 11 is 2.38. The van der Waals surface area contributed by atoms with Crippen molar-refractivity contribution in [2.24, 2.45) is 0 Å². The van der Waals surface area contributed by atoms with Crippen LogP contribution in [-0.4, -0.2) is 51.6 Å². The molecule has 3 aromatic rings. The number of benzene rings is 1. The number of nitrogens with zero attached hydrogens (tertiary/aromatic N) is 4. The number of para-hydroxylation sites is 2. The lowest BCUT2D eigenvalue weighted by Gasteiger charge is -2.08. The van der Waals surface area contributed by atoms with Gasteiger partial charge < -0.3 is 14.8 Å². The summed E-state index contributed by atoms with van der Waals surface area (Å²) in [5, 5.41) is 15.5. The fraction of sp³-hybridized carbons (Fsp3) is 0.278. The third-order valence-electron chi connectivity index (χ3n) is 3.73. The molecule has 0 saturated carbocycles. The zero-order valence-corrected chi connectivity index (χ0v) is 17.7. The van der Waals surface area contributed by atoms with Gasteiger partial charge in [-0.1, -0.05) is 23.9 Å². The second kappa shape index (κ2) is 9.52. The van der Waals surface area contributed by atoms with E-state index in [9.17, 15) is 9.59 Å². The Labute approximate surface area is 175 Å². The van der Waals surface area contributed by atoms with Crippen molar-refractivity contribution >= 4 is 40.0 Å². The van der Waals surface area contributed by atoms with Crippen LogP contribution >= 0.6 is 23.1 Å². The molecule has 0 aliphatic rings. The predicted molar refractivity (Wildman–Crippen MR) is 110 cm³/mol.